The number of ether oxygens (including phenoxy) is 1. The van der Waals surface area contributed by atoms with Crippen molar-refractivity contribution < 1.29 is 22.3 Å². The number of nitrogens with zero attached hydrogens (tertiary/aromatic N) is 1. The SMILES string of the molecule is CC[C@@H](C(=O)NCc1ccc(F)cc1)N(c1ccc(OC)c(Cl)c1)S(C)(=O)=O. The van der Waals surface area contributed by atoms with E-state index in [9.17, 15) is 17.6 Å². The number of halogens is 2. The summed E-state index contributed by atoms with van der Waals surface area (Å²) in [7, 11) is -2.32. The average molecular weight is 429 g/mol. The zero-order valence-electron chi connectivity index (χ0n) is 15.8. The van der Waals surface area contributed by atoms with Crippen LogP contribution in [-0.2, 0) is 21.4 Å². The lowest BCUT2D eigenvalue weighted by molar-refractivity contribution is -0.122. The van der Waals surface area contributed by atoms with Crippen molar-refractivity contribution in [1.29, 1.82) is 0 Å². The van der Waals surface area contributed by atoms with Crippen LogP contribution in [0, 0.1) is 5.82 Å². The van der Waals surface area contributed by atoms with E-state index in [1.807, 2.05) is 0 Å². The van der Waals surface area contributed by atoms with Gasteiger partial charge in [0, 0.05) is 6.54 Å². The molecule has 0 bridgehead atoms. The van der Waals surface area contributed by atoms with Gasteiger partial charge in [0.1, 0.15) is 17.6 Å². The third kappa shape index (κ3) is 5.36. The van der Waals surface area contributed by atoms with Gasteiger partial charge in [-0.25, -0.2) is 12.8 Å². The number of carbonyl (C=O) groups is 1. The molecule has 0 aliphatic rings. The molecule has 0 radical (unpaired) electrons. The predicted octanol–water partition coefficient (Wildman–Crippen LogP) is 3.35. The Morgan fingerprint density at radius 3 is 2.39 bits per heavy atom. The minimum atomic E-state index is -3.78. The van der Waals surface area contributed by atoms with E-state index < -0.39 is 22.0 Å². The molecule has 0 heterocycles. The number of rotatable bonds is 8. The van der Waals surface area contributed by atoms with Crippen molar-refractivity contribution >= 4 is 33.2 Å². The number of anilines is 1. The molecule has 0 aromatic heterocycles. The summed E-state index contributed by atoms with van der Waals surface area (Å²) in [6, 6.07) is 9.22. The molecule has 2 aromatic rings. The Bertz CT molecular complexity index is 935. The first kappa shape index (κ1) is 22.0. The Morgan fingerprint density at radius 1 is 1.25 bits per heavy atom. The highest BCUT2D eigenvalue weighted by Gasteiger charge is 2.31. The van der Waals surface area contributed by atoms with Crippen molar-refractivity contribution in [3.8, 4) is 5.75 Å². The van der Waals surface area contributed by atoms with Crippen LogP contribution >= 0.6 is 11.6 Å². The summed E-state index contributed by atoms with van der Waals surface area (Å²) in [5.41, 5.74) is 0.958. The maximum absolute atomic E-state index is 13.0. The molecule has 1 atom stereocenters. The van der Waals surface area contributed by atoms with Gasteiger partial charge in [-0.3, -0.25) is 9.10 Å². The Balaban J connectivity index is 2.28. The number of methoxy groups -OCH3 is 1. The molecule has 9 heteroatoms. The molecule has 0 aliphatic carbocycles. The smallest absolute Gasteiger partial charge is 0.244 e. The molecular weight excluding hydrogens is 407 g/mol. The van der Waals surface area contributed by atoms with E-state index in [-0.39, 0.29) is 29.5 Å². The molecule has 0 fully saturated rings. The molecule has 0 unspecified atom stereocenters. The first-order valence-corrected chi connectivity index (χ1v) is 10.7. The lowest BCUT2D eigenvalue weighted by Crippen LogP contribution is -2.49. The van der Waals surface area contributed by atoms with E-state index >= 15 is 0 Å². The topological polar surface area (TPSA) is 75.7 Å². The normalized spacial score (nSPS) is 12.3. The third-order valence-electron chi connectivity index (χ3n) is 4.10. The van der Waals surface area contributed by atoms with Crippen molar-refractivity contribution in [2.75, 3.05) is 17.7 Å². The van der Waals surface area contributed by atoms with Crippen molar-refractivity contribution in [2.45, 2.75) is 25.9 Å². The van der Waals surface area contributed by atoms with E-state index in [2.05, 4.69) is 5.32 Å². The first-order valence-electron chi connectivity index (χ1n) is 8.52. The van der Waals surface area contributed by atoms with Gasteiger partial charge in [0.2, 0.25) is 15.9 Å². The molecule has 0 spiro atoms. The molecule has 1 amide bonds. The minimum Gasteiger partial charge on any atom is -0.495 e. The highest BCUT2D eigenvalue weighted by Crippen LogP contribution is 2.31. The predicted molar refractivity (Wildman–Crippen MR) is 108 cm³/mol. The summed E-state index contributed by atoms with van der Waals surface area (Å²) >= 11 is 6.13. The standard InChI is InChI=1S/C19H22ClFN2O4S/c1-4-17(19(24)22-12-13-5-7-14(21)8-6-13)23(28(3,25)26)15-9-10-18(27-2)16(20)11-15/h5-11,17H,4,12H2,1-3H3,(H,22,24)/t17-/m0/s1. The van der Waals surface area contributed by atoms with Crippen LogP contribution in [0.25, 0.3) is 0 Å². The summed E-state index contributed by atoms with van der Waals surface area (Å²) in [5, 5.41) is 2.94. The number of hydrogen-bond acceptors (Lipinski definition) is 4. The van der Waals surface area contributed by atoms with Crippen LogP contribution in [0.5, 0.6) is 5.75 Å². The van der Waals surface area contributed by atoms with Gasteiger partial charge in [0.15, 0.2) is 0 Å². The van der Waals surface area contributed by atoms with Crippen molar-refractivity contribution in [3.05, 3.63) is 58.9 Å². The van der Waals surface area contributed by atoms with Gasteiger partial charge in [-0.2, -0.15) is 0 Å². The van der Waals surface area contributed by atoms with Crippen LogP contribution in [0.4, 0.5) is 10.1 Å². The molecule has 0 saturated carbocycles. The van der Waals surface area contributed by atoms with Gasteiger partial charge in [-0.1, -0.05) is 30.7 Å². The minimum absolute atomic E-state index is 0.149. The van der Waals surface area contributed by atoms with E-state index in [4.69, 9.17) is 16.3 Å². The van der Waals surface area contributed by atoms with Gasteiger partial charge in [0.25, 0.3) is 0 Å². The van der Waals surface area contributed by atoms with E-state index in [0.717, 1.165) is 10.6 Å². The zero-order chi connectivity index (χ0) is 20.9. The second-order valence-electron chi connectivity index (χ2n) is 6.15. The molecule has 0 aliphatic heterocycles. The monoisotopic (exact) mass is 428 g/mol. The van der Waals surface area contributed by atoms with Crippen LogP contribution in [-0.4, -0.2) is 33.7 Å². The number of sulfonamides is 1. The van der Waals surface area contributed by atoms with Gasteiger partial charge in [0.05, 0.1) is 24.1 Å². The number of nitrogens with one attached hydrogen (secondary N) is 1. The number of hydrogen-bond donors (Lipinski definition) is 1. The Morgan fingerprint density at radius 2 is 1.89 bits per heavy atom. The van der Waals surface area contributed by atoms with Gasteiger partial charge >= 0.3 is 0 Å². The van der Waals surface area contributed by atoms with Gasteiger partial charge in [-0.05, 0) is 42.3 Å². The molecule has 152 valence electrons. The van der Waals surface area contributed by atoms with Crippen LogP contribution in [0.3, 0.4) is 0 Å². The van der Waals surface area contributed by atoms with Gasteiger partial charge < -0.3 is 10.1 Å². The second-order valence-corrected chi connectivity index (χ2v) is 8.41. The number of benzene rings is 2. The zero-order valence-corrected chi connectivity index (χ0v) is 17.3. The molecule has 6 nitrogen and oxygen atoms in total. The van der Waals surface area contributed by atoms with Gasteiger partial charge in [-0.15, -0.1) is 0 Å². The summed E-state index contributed by atoms with van der Waals surface area (Å²) in [6.45, 7) is 1.86. The summed E-state index contributed by atoms with van der Waals surface area (Å²) in [5.74, 6) is -0.446. The second kappa shape index (κ2) is 9.25. The summed E-state index contributed by atoms with van der Waals surface area (Å²) < 4.78 is 44.0. The third-order valence-corrected chi connectivity index (χ3v) is 5.57. The molecule has 0 saturated heterocycles. The Hall–Kier alpha value is -2.32. The summed E-state index contributed by atoms with van der Waals surface area (Å²) in [6.07, 6.45) is 1.27. The largest absolute Gasteiger partial charge is 0.495 e. The first-order chi connectivity index (χ1) is 13.2. The van der Waals surface area contributed by atoms with E-state index in [0.29, 0.717) is 11.3 Å². The lowest BCUT2D eigenvalue weighted by atomic mass is 10.1. The fraction of sp³-hybridized carbons (Fsp3) is 0.316. The molecule has 1 N–H and O–H groups in total. The lowest BCUT2D eigenvalue weighted by Gasteiger charge is -2.30. The number of carbonyl (C=O) groups excluding carboxylic acids is 1. The highest BCUT2D eigenvalue weighted by atomic mass is 35.5. The van der Waals surface area contributed by atoms with Crippen LogP contribution in [0.1, 0.15) is 18.9 Å². The van der Waals surface area contributed by atoms with Crippen molar-refractivity contribution in [3.63, 3.8) is 0 Å². The molecule has 2 aromatic carbocycles. The molecule has 2 rings (SSSR count). The fourth-order valence-corrected chi connectivity index (χ4v) is 4.22. The molecule has 28 heavy (non-hydrogen) atoms. The van der Waals surface area contributed by atoms with Crippen LogP contribution in [0.2, 0.25) is 5.02 Å². The fourth-order valence-electron chi connectivity index (χ4n) is 2.76. The maximum atomic E-state index is 13.0. The van der Waals surface area contributed by atoms with E-state index in [1.165, 1.54) is 31.4 Å². The number of amides is 1. The van der Waals surface area contributed by atoms with Crippen molar-refractivity contribution in [1.82, 2.24) is 5.32 Å². The van der Waals surface area contributed by atoms with Crippen LogP contribution in [0.15, 0.2) is 42.5 Å². The summed E-state index contributed by atoms with van der Waals surface area (Å²) in [4.78, 5) is 12.7. The highest BCUT2D eigenvalue weighted by molar-refractivity contribution is 7.92. The quantitative estimate of drug-likeness (QED) is 0.699. The Kier molecular flexibility index (Phi) is 7.26. The Labute approximate surface area is 169 Å². The van der Waals surface area contributed by atoms with Crippen molar-refractivity contribution in [2.24, 2.45) is 0 Å². The van der Waals surface area contributed by atoms with Crippen LogP contribution < -0.4 is 14.4 Å². The molecular formula is C19H22ClFN2O4S. The maximum Gasteiger partial charge on any atom is 0.244 e. The van der Waals surface area contributed by atoms with E-state index in [1.54, 1.807) is 25.1 Å². The average Bonchev–Trinajstić information content (AvgIpc) is 2.64.